The first-order valence-electron chi connectivity index (χ1n) is 23.5. The number of aliphatic carboxylic acids is 1. The molecule has 1 unspecified atom stereocenters. The lowest BCUT2D eigenvalue weighted by atomic mass is 9.75. The molecular formula is C61H54N2O4. The van der Waals surface area contributed by atoms with Gasteiger partial charge < -0.3 is 19.3 Å². The van der Waals surface area contributed by atoms with Gasteiger partial charge in [0.25, 0.3) is 6.47 Å². The molecule has 9 aromatic rings. The van der Waals surface area contributed by atoms with Gasteiger partial charge >= 0.3 is 5.97 Å². The maximum absolute atomic E-state index is 12.5. The predicted molar refractivity (Wildman–Crippen MR) is 274 cm³/mol. The largest absolute Gasteiger partial charge is 0.481 e. The summed E-state index contributed by atoms with van der Waals surface area (Å²) >= 11 is 0. The zero-order chi connectivity index (χ0) is 46.1. The number of nitrogens with zero attached hydrogens (tertiary/aromatic N) is 2. The van der Waals surface area contributed by atoms with Crippen LogP contribution >= 0.6 is 0 Å². The molecule has 0 saturated carbocycles. The fourth-order valence-corrected chi connectivity index (χ4v) is 10.4. The lowest BCUT2D eigenvalue weighted by Crippen LogP contribution is -2.34. The molecule has 0 fully saturated rings. The second kappa shape index (κ2) is 18.3. The number of carbonyl (C=O) groups is 2. The Balaban J connectivity index is 0.980. The molecule has 1 heterocycles. The van der Waals surface area contributed by atoms with E-state index in [9.17, 15) is 14.7 Å². The molecule has 10 rings (SSSR count). The van der Waals surface area contributed by atoms with Crippen molar-refractivity contribution in [1.82, 2.24) is 4.57 Å². The number of anilines is 3. The van der Waals surface area contributed by atoms with Crippen LogP contribution < -0.4 is 4.90 Å². The normalized spacial score (nSPS) is 14.0. The summed E-state index contributed by atoms with van der Waals surface area (Å²) in [5.41, 5.74) is 17.1. The predicted octanol–water partition coefficient (Wildman–Crippen LogP) is 15.2. The van der Waals surface area contributed by atoms with E-state index in [1.54, 1.807) is 0 Å². The highest BCUT2D eigenvalue weighted by atomic mass is 16.5. The number of ether oxygens (including phenoxy) is 1. The molecule has 0 bridgehead atoms. The van der Waals surface area contributed by atoms with Crippen LogP contribution in [0.4, 0.5) is 17.1 Å². The fraction of sp³-hybridized carbons (Fsp3) is 0.180. The minimum Gasteiger partial charge on any atom is -0.481 e. The third-order valence-corrected chi connectivity index (χ3v) is 13.8. The number of unbranched alkanes of at least 4 members (excludes halogenated alkanes) is 3. The van der Waals surface area contributed by atoms with Gasteiger partial charge in [-0.05, 0) is 143 Å². The van der Waals surface area contributed by atoms with Crippen LogP contribution in [0.25, 0.3) is 60.9 Å². The van der Waals surface area contributed by atoms with Crippen LogP contribution in [-0.2, 0) is 26.2 Å². The number of rotatable bonds is 16. The zero-order valence-electron chi connectivity index (χ0n) is 38.3. The summed E-state index contributed by atoms with van der Waals surface area (Å²) in [6.45, 7) is 6.70. The molecular weight excluding hydrogens is 825 g/mol. The summed E-state index contributed by atoms with van der Waals surface area (Å²) < 4.78 is 7.81. The van der Waals surface area contributed by atoms with Crippen LogP contribution in [0.5, 0.6) is 0 Å². The second-order valence-corrected chi connectivity index (χ2v) is 18.2. The highest BCUT2D eigenvalue weighted by Crippen LogP contribution is 2.52. The summed E-state index contributed by atoms with van der Waals surface area (Å²) in [7, 11) is 0. The van der Waals surface area contributed by atoms with E-state index in [4.69, 9.17) is 4.74 Å². The highest BCUT2D eigenvalue weighted by molar-refractivity contribution is 6.10. The molecule has 1 aliphatic carbocycles. The minimum atomic E-state index is -1.02. The van der Waals surface area contributed by atoms with Gasteiger partial charge in [0.05, 0.1) is 22.9 Å². The molecule has 1 N–H and O–H groups in total. The Morgan fingerprint density at radius 2 is 1.16 bits per heavy atom. The quantitative estimate of drug-likeness (QED) is 0.0773. The van der Waals surface area contributed by atoms with E-state index in [-0.39, 0.29) is 13.0 Å². The van der Waals surface area contributed by atoms with Crippen LogP contribution in [0.3, 0.4) is 0 Å². The SMILES string of the molecule is CCCCCCc1ccc(-n2c3ccccc3c3ccc(-c4ccc(N(c5ccc(C)cc5)c5ccc(-c6ccc7c(c6)C(COC=O)(CC(=O)O)c6cc(C)ccc6-7)cc5)cc4)cc32)cc1. The third kappa shape index (κ3) is 8.18. The summed E-state index contributed by atoms with van der Waals surface area (Å²) in [5.74, 6) is -0.955. The summed E-state index contributed by atoms with van der Waals surface area (Å²) in [4.78, 5) is 26.3. The van der Waals surface area contributed by atoms with Gasteiger partial charge in [-0.15, -0.1) is 0 Å². The average molecular weight is 879 g/mol. The number of carboxylic acids is 1. The van der Waals surface area contributed by atoms with Crippen molar-refractivity contribution in [2.75, 3.05) is 11.5 Å². The van der Waals surface area contributed by atoms with Gasteiger partial charge in [0.15, 0.2) is 0 Å². The van der Waals surface area contributed by atoms with E-state index in [1.807, 2.05) is 25.1 Å². The van der Waals surface area contributed by atoms with Crippen LogP contribution in [0, 0.1) is 13.8 Å². The molecule has 0 aliphatic heterocycles. The molecule has 0 amide bonds. The summed E-state index contributed by atoms with van der Waals surface area (Å²) in [6.07, 6.45) is 5.96. The van der Waals surface area contributed by atoms with E-state index in [2.05, 4.69) is 181 Å². The van der Waals surface area contributed by atoms with Gasteiger partial charge in [0.2, 0.25) is 0 Å². The zero-order valence-corrected chi connectivity index (χ0v) is 38.3. The maximum atomic E-state index is 12.5. The van der Waals surface area contributed by atoms with Crippen molar-refractivity contribution < 1.29 is 19.4 Å². The van der Waals surface area contributed by atoms with E-state index >= 15 is 0 Å². The first kappa shape index (κ1) is 43.2. The number of aryl methyl sites for hydroxylation is 3. The standard InChI is InChI=1S/C61H54N2O4/c1-4-5-6-7-10-43-16-26-51(27-17-43)63-58-12-9-8-11-54(58)55-34-23-47(37-59(55)63)45-20-30-50(31-21-45)62(48-24-13-41(2)14-25-48)49-28-18-44(19-29-49)46-22-33-53-52-32-15-42(3)35-56(52)61(38-60(65)66,39-67-40-64)57(53)36-46/h8-9,11-37,40H,4-7,10,38-39H2,1-3H3,(H,65,66). The van der Waals surface area contributed by atoms with Crippen molar-refractivity contribution in [3.8, 4) is 39.1 Å². The third-order valence-electron chi connectivity index (χ3n) is 13.8. The molecule has 332 valence electrons. The van der Waals surface area contributed by atoms with Crippen LogP contribution in [0.15, 0.2) is 176 Å². The molecule has 0 spiro atoms. The number of fused-ring (bicyclic) bond motifs is 6. The fourth-order valence-electron chi connectivity index (χ4n) is 10.4. The Morgan fingerprint density at radius 1 is 0.597 bits per heavy atom. The Hall–Kier alpha value is -7.70. The lowest BCUT2D eigenvalue weighted by molar-refractivity contribution is -0.140. The van der Waals surface area contributed by atoms with Crippen LogP contribution in [0.1, 0.15) is 66.8 Å². The van der Waals surface area contributed by atoms with Crippen LogP contribution in [-0.4, -0.2) is 28.7 Å². The van der Waals surface area contributed by atoms with E-state index in [1.165, 1.54) is 64.3 Å². The number of benzene rings is 8. The average Bonchev–Trinajstić information content (AvgIpc) is 3.82. The highest BCUT2D eigenvalue weighted by Gasteiger charge is 2.46. The number of hydrogen-bond acceptors (Lipinski definition) is 4. The van der Waals surface area contributed by atoms with Crippen molar-refractivity contribution >= 4 is 51.3 Å². The lowest BCUT2D eigenvalue weighted by Gasteiger charge is -2.30. The van der Waals surface area contributed by atoms with Crippen LogP contribution in [0.2, 0.25) is 0 Å². The number of carbonyl (C=O) groups excluding carboxylic acids is 1. The van der Waals surface area contributed by atoms with Crippen molar-refractivity contribution in [1.29, 1.82) is 0 Å². The Kier molecular flexibility index (Phi) is 11.8. The molecule has 1 aromatic heterocycles. The molecule has 6 heteroatoms. The Morgan fingerprint density at radius 3 is 1.82 bits per heavy atom. The first-order valence-corrected chi connectivity index (χ1v) is 23.5. The van der Waals surface area contributed by atoms with Gasteiger partial charge in [-0.25, -0.2) is 0 Å². The second-order valence-electron chi connectivity index (χ2n) is 18.2. The van der Waals surface area contributed by atoms with Crippen molar-refractivity contribution in [3.05, 3.63) is 204 Å². The van der Waals surface area contributed by atoms with Gasteiger partial charge in [-0.2, -0.15) is 0 Å². The first-order chi connectivity index (χ1) is 32.7. The Labute approximate surface area is 392 Å². The monoisotopic (exact) mass is 878 g/mol. The Bertz CT molecular complexity index is 3260. The van der Waals surface area contributed by atoms with E-state index in [0.717, 1.165) is 73.6 Å². The smallest absolute Gasteiger partial charge is 0.304 e. The van der Waals surface area contributed by atoms with Crippen molar-refractivity contribution in [2.45, 2.75) is 64.7 Å². The van der Waals surface area contributed by atoms with Gasteiger partial charge in [0, 0.05) is 33.5 Å². The topological polar surface area (TPSA) is 71.8 Å². The molecule has 6 nitrogen and oxygen atoms in total. The molecule has 0 saturated heterocycles. The molecule has 8 aromatic carbocycles. The molecule has 67 heavy (non-hydrogen) atoms. The van der Waals surface area contributed by atoms with Crippen molar-refractivity contribution in [2.24, 2.45) is 0 Å². The summed E-state index contributed by atoms with van der Waals surface area (Å²) in [5, 5.41) is 12.7. The van der Waals surface area contributed by atoms with Gasteiger partial charge in [-0.3, -0.25) is 9.59 Å². The number of para-hydroxylation sites is 1. The van der Waals surface area contributed by atoms with Gasteiger partial charge in [-0.1, -0.05) is 147 Å². The summed E-state index contributed by atoms with van der Waals surface area (Å²) in [6, 6.07) is 63.0. The van der Waals surface area contributed by atoms with E-state index < -0.39 is 11.4 Å². The molecule has 0 radical (unpaired) electrons. The molecule has 1 atom stereocenters. The maximum Gasteiger partial charge on any atom is 0.304 e. The minimum absolute atomic E-state index is 0.0636. The number of aromatic nitrogens is 1. The van der Waals surface area contributed by atoms with E-state index in [0.29, 0.717) is 6.47 Å². The number of carboxylic acid groups (broad SMARTS) is 1. The number of hydrogen-bond donors (Lipinski definition) is 1. The van der Waals surface area contributed by atoms with Crippen molar-refractivity contribution in [3.63, 3.8) is 0 Å². The molecule has 1 aliphatic rings. The van der Waals surface area contributed by atoms with Gasteiger partial charge in [0.1, 0.15) is 6.61 Å².